The lowest BCUT2D eigenvalue weighted by Crippen LogP contribution is -2.31. The molecule has 4 nitrogen and oxygen atoms in total. The molecule has 0 unspecified atom stereocenters. The summed E-state index contributed by atoms with van der Waals surface area (Å²) in [6.07, 6.45) is -0.885. The summed E-state index contributed by atoms with van der Waals surface area (Å²) in [5, 5.41) is 2.87. The number of carbonyl (C=O) groups excluding carboxylic acids is 1. The van der Waals surface area contributed by atoms with Crippen LogP contribution in [-0.4, -0.2) is 42.9 Å². The van der Waals surface area contributed by atoms with Crippen LogP contribution in [0.2, 0.25) is 0 Å². The minimum absolute atomic E-state index is 0.381. The van der Waals surface area contributed by atoms with Crippen LogP contribution in [0.4, 0.5) is 14.6 Å². The molecule has 0 aliphatic carbocycles. The monoisotopic (exact) mass is 271 g/mol. The number of rotatable bonds is 6. The second-order valence-electron chi connectivity index (χ2n) is 4.31. The summed E-state index contributed by atoms with van der Waals surface area (Å²) in [4.78, 5) is 17.4. The average Bonchev–Trinajstić information content (AvgIpc) is 2.37. The fourth-order valence-electron chi connectivity index (χ4n) is 1.73. The molecule has 0 spiro atoms. The van der Waals surface area contributed by atoms with Crippen LogP contribution in [-0.2, 0) is 6.42 Å². The van der Waals surface area contributed by atoms with E-state index in [1.54, 1.807) is 19.2 Å². The molecule has 0 radical (unpaired) electrons. The van der Waals surface area contributed by atoms with Crippen molar-refractivity contribution in [3.05, 3.63) is 23.4 Å². The van der Waals surface area contributed by atoms with Gasteiger partial charge in [-0.1, -0.05) is 13.3 Å². The van der Waals surface area contributed by atoms with Gasteiger partial charge in [0.2, 0.25) is 0 Å². The largest absolute Gasteiger partial charge is 0.373 e. The molecule has 0 aliphatic heterocycles. The number of anilines is 1. The lowest BCUT2D eigenvalue weighted by Gasteiger charge is -2.17. The van der Waals surface area contributed by atoms with E-state index in [1.807, 2.05) is 6.92 Å². The maximum atomic E-state index is 12.3. The maximum Gasteiger partial charge on any atom is 0.255 e. The summed E-state index contributed by atoms with van der Waals surface area (Å²) in [7, 11) is 3.07. The number of pyridine rings is 1. The first-order valence-electron chi connectivity index (χ1n) is 6.20. The highest BCUT2D eigenvalue weighted by molar-refractivity contribution is 5.94. The van der Waals surface area contributed by atoms with E-state index in [4.69, 9.17) is 0 Å². The summed E-state index contributed by atoms with van der Waals surface area (Å²) in [6, 6.07) is 3.23. The van der Waals surface area contributed by atoms with E-state index in [9.17, 15) is 13.6 Å². The number of aromatic nitrogens is 1. The fraction of sp³-hybridized carbons (Fsp3) is 0.538. The van der Waals surface area contributed by atoms with Crippen LogP contribution in [0.3, 0.4) is 0 Å². The van der Waals surface area contributed by atoms with Gasteiger partial charge in [0.05, 0.1) is 6.54 Å². The molecule has 1 heterocycles. The molecular formula is C13H19F2N3O. The number of alkyl halides is 2. The molecule has 1 N–H and O–H groups in total. The van der Waals surface area contributed by atoms with Crippen molar-refractivity contribution >= 4 is 11.7 Å². The van der Waals surface area contributed by atoms with Crippen LogP contribution >= 0.6 is 0 Å². The Hall–Kier alpha value is -1.72. The Morgan fingerprint density at radius 2 is 2.16 bits per heavy atom. The van der Waals surface area contributed by atoms with Crippen LogP contribution in [0.25, 0.3) is 0 Å². The van der Waals surface area contributed by atoms with Gasteiger partial charge in [0.15, 0.2) is 0 Å². The van der Waals surface area contributed by atoms with E-state index in [2.05, 4.69) is 10.3 Å². The van der Waals surface area contributed by atoms with Crippen molar-refractivity contribution in [1.82, 2.24) is 9.88 Å². The molecule has 1 amide bonds. The van der Waals surface area contributed by atoms with Gasteiger partial charge >= 0.3 is 0 Å². The van der Waals surface area contributed by atoms with E-state index in [0.29, 0.717) is 11.4 Å². The number of halogens is 2. The van der Waals surface area contributed by atoms with Crippen molar-refractivity contribution in [2.45, 2.75) is 26.2 Å². The summed E-state index contributed by atoms with van der Waals surface area (Å²) >= 11 is 0. The van der Waals surface area contributed by atoms with Crippen LogP contribution in [0.15, 0.2) is 12.1 Å². The third-order valence-corrected chi connectivity index (χ3v) is 2.65. The summed E-state index contributed by atoms with van der Waals surface area (Å²) in [6.45, 7) is 1.44. The lowest BCUT2D eigenvalue weighted by molar-refractivity contribution is 0.0620. The van der Waals surface area contributed by atoms with Gasteiger partial charge in [-0.3, -0.25) is 4.79 Å². The third kappa shape index (κ3) is 4.46. The number of aryl methyl sites for hydroxylation is 1. The smallest absolute Gasteiger partial charge is 0.255 e. The van der Waals surface area contributed by atoms with Gasteiger partial charge in [-0.05, 0) is 18.6 Å². The van der Waals surface area contributed by atoms with E-state index >= 15 is 0 Å². The first-order chi connectivity index (χ1) is 8.97. The van der Waals surface area contributed by atoms with Gasteiger partial charge in [0.25, 0.3) is 12.3 Å². The summed E-state index contributed by atoms with van der Waals surface area (Å²) < 4.78 is 24.6. The number of nitrogens with one attached hydrogen (secondary N) is 1. The Balaban J connectivity index is 2.97. The molecule has 1 rings (SSSR count). The SMILES string of the molecule is CCCc1cc(C(=O)N(C)CC(F)F)cc(NC)n1. The van der Waals surface area contributed by atoms with Crippen molar-refractivity contribution in [2.75, 3.05) is 26.0 Å². The highest BCUT2D eigenvalue weighted by Gasteiger charge is 2.17. The van der Waals surface area contributed by atoms with Crippen molar-refractivity contribution in [2.24, 2.45) is 0 Å². The topological polar surface area (TPSA) is 45.2 Å². The third-order valence-electron chi connectivity index (χ3n) is 2.65. The predicted molar refractivity (Wildman–Crippen MR) is 70.7 cm³/mol. The second-order valence-corrected chi connectivity index (χ2v) is 4.31. The molecule has 0 aromatic carbocycles. The van der Waals surface area contributed by atoms with Crippen LogP contribution in [0.5, 0.6) is 0 Å². The zero-order chi connectivity index (χ0) is 14.4. The minimum atomic E-state index is -2.53. The highest BCUT2D eigenvalue weighted by atomic mass is 19.3. The van der Waals surface area contributed by atoms with Crippen molar-refractivity contribution < 1.29 is 13.6 Å². The number of carbonyl (C=O) groups is 1. The summed E-state index contributed by atoms with van der Waals surface area (Å²) in [5.74, 6) is 0.149. The molecule has 0 saturated heterocycles. The van der Waals surface area contributed by atoms with Gasteiger partial charge in [0.1, 0.15) is 5.82 Å². The van der Waals surface area contributed by atoms with Gasteiger partial charge in [-0.15, -0.1) is 0 Å². The molecule has 0 bridgehead atoms. The van der Waals surface area contributed by atoms with E-state index in [-0.39, 0.29) is 0 Å². The Labute approximate surface area is 111 Å². The van der Waals surface area contributed by atoms with Crippen molar-refractivity contribution in [1.29, 1.82) is 0 Å². The number of hydrogen-bond donors (Lipinski definition) is 1. The molecule has 106 valence electrons. The molecule has 0 saturated carbocycles. The van der Waals surface area contributed by atoms with E-state index < -0.39 is 18.9 Å². The highest BCUT2D eigenvalue weighted by Crippen LogP contribution is 2.14. The van der Waals surface area contributed by atoms with Gasteiger partial charge < -0.3 is 10.2 Å². The Morgan fingerprint density at radius 1 is 1.47 bits per heavy atom. The number of nitrogens with zero attached hydrogens (tertiary/aromatic N) is 2. The zero-order valence-corrected chi connectivity index (χ0v) is 11.4. The molecule has 0 aliphatic rings. The Kier molecular flexibility index (Phi) is 5.66. The van der Waals surface area contributed by atoms with Crippen molar-refractivity contribution in [3.8, 4) is 0 Å². The molecule has 6 heteroatoms. The van der Waals surface area contributed by atoms with Crippen molar-refractivity contribution in [3.63, 3.8) is 0 Å². The van der Waals surface area contributed by atoms with E-state index in [1.165, 1.54) is 7.05 Å². The first-order valence-corrected chi connectivity index (χ1v) is 6.20. The first kappa shape index (κ1) is 15.3. The lowest BCUT2D eigenvalue weighted by atomic mass is 10.1. The van der Waals surface area contributed by atoms with Crippen LogP contribution < -0.4 is 5.32 Å². The average molecular weight is 271 g/mol. The molecule has 0 fully saturated rings. The number of hydrogen-bond acceptors (Lipinski definition) is 3. The van der Waals surface area contributed by atoms with Gasteiger partial charge in [-0.2, -0.15) is 0 Å². The quantitative estimate of drug-likeness (QED) is 0.864. The van der Waals surface area contributed by atoms with Gasteiger partial charge in [0, 0.05) is 25.4 Å². The molecule has 1 aromatic rings. The Morgan fingerprint density at radius 3 is 2.68 bits per heavy atom. The number of amides is 1. The normalized spacial score (nSPS) is 10.6. The Bertz CT molecular complexity index is 438. The maximum absolute atomic E-state index is 12.3. The predicted octanol–water partition coefficient (Wildman–Crippen LogP) is 2.41. The molecular weight excluding hydrogens is 252 g/mol. The standard InChI is InChI=1S/C13H19F2N3O/c1-4-5-10-6-9(7-12(16-2)17-10)13(19)18(3)8-11(14)15/h6-7,11H,4-5,8H2,1-3H3,(H,16,17). The van der Waals surface area contributed by atoms with Crippen LogP contribution in [0.1, 0.15) is 29.4 Å². The minimum Gasteiger partial charge on any atom is -0.373 e. The van der Waals surface area contributed by atoms with Gasteiger partial charge in [-0.25, -0.2) is 13.8 Å². The second kappa shape index (κ2) is 7.01. The molecule has 19 heavy (non-hydrogen) atoms. The molecule has 1 aromatic heterocycles. The zero-order valence-electron chi connectivity index (χ0n) is 11.4. The molecule has 0 atom stereocenters. The fourth-order valence-corrected chi connectivity index (χ4v) is 1.73. The summed E-state index contributed by atoms with van der Waals surface area (Å²) in [5.41, 5.74) is 1.16. The van der Waals surface area contributed by atoms with E-state index in [0.717, 1.165) is 23.4 Å². The van der Waals surface area contributed by atoms with Crippen LogP contribution in [0, 0.1) is 0 Å².